The number of rotatable bonds is 9. The predicted octanol–water partition coefficient (Wildman–Crippen LogP) is 1.46. The molecule has 2 amide bonds. The number of hydrogen-bond acceptors (Lipinski definition) is 7. The first kappa shape index (κ1) is 22.4. The average molecular weight is 424 g/mol. The van der Waals surface area contributed by atoms with E-state index in [4.69, 9.17) is 10.5 Å². The van der Waals surface area contributed by atoms with E-state index >= 15 is 0 Å². The molecule has 0 aliphatic carbocycles. The number of aromatic nitrogens is 2. The summed E-state index contributed by atoms with van der Waals surface area (Å²) >= 11 is 0. The number of aryl methyl sites for hydroxylation is 2. The zero-order chi connectivity index (χ0) is 21.8. The minimum Gasteiger partial charge on any atom is -0.493 e. The van der Waals surface area contributed by atoms with Crippen LogP contribution in [-0.2, 0) is 27.8 Å². The molecule has 1 heterocycles. The van der Waals surface area contributed by atoms with Crippen molar-refractivity contribution in [2.24, 2.45) is 12.8 Å². The van der Waals surface area contributed by atoms with Gasteiger partial charge in [0.1, 0.15) is 11.4 Å². The molecule has 0 aliphatic rings. The van der Waals surface area contributed by atoms with Gasteiger partial charge in [0.05, 0.1) is 35.6 Å². The molecule has 0 bridgehead atoms. The Morgan fingerprint density at radius 1 is 1.28 bits per heavy atom. The molecule has 0 radical (unpaired) electrons. The molecule has 2 aromatic rings. The van der Waals surface area contributed by atoms with Crippen LogP contribution in [0.1, 0.15) is 46.8 Å². The zero-order valence-electron chi connectivity index (χ0n) is 16.7. The van der Waals surface area contributed by atoms with E-state index in [1.165, 1.54) is 16.8 Å². The lowest BCUT2D eigenvalue weighted by Gasteiger charge is -2.13. The summed E-state index contributed by atoms with van der Waals surface area (Å²) in [6.45, 7) is 3.92. The van der Waals surface area contributed by atoms with E-state index in [1.54, 1.807) is 14.0 Å². The smallest absolute Gasteiger partial charge is 0.296 e. The first-order valence-electron chi connectivity index (χ1n) is 8.90. The van der Waals surface area contributed by atoms with Gasteiger partial charge >= 0.3 is 0 Å². The van der Waals surface area contributed by atoms with Gasteiger partial charge in [-0.2, -0.15) is 13.5 Å². The van der Waals surface area contributed by atoms with Crippen LogP contribution < -0.4 is 15.8 Å². The highest BCUT2D eigenvalue weighted by atomic mass is 32.2. The number of ether oxygens (including phenoxy) is 1. The minimum absolute atomic E-state index is 0.0355. The summed E-state index contributed by atoms with van der Waals surface area (Å²) in [4.78, 5) is 24.7. The van der Waals surface area contributed by atoms with Crippen molar-refractivity contribution in [3.8, 4) is 5.75 Å². The van der Waals surface area contributed by atoms with Crippen LogP contribution in [0.5, 0.6) is 5.75 Å². The fraction of sp³-hybridized carbons (Fsp3) is 0.389. The van der Waals surface area contributed by atoms with Crippen LogP contribution in [-0.4, -0.2) is 43.7 Å². The van der Waals surface area contributed by atoms with E-state index in [0.29, 0.717) is 12.1 Å². The van der Waals surface area contributed by atoms with Crippen LogP contribution in [0.4, 0.5) is 5.69 Å². The lowest BCUT2D eigenvalue weighted by atomic mass is 10.1. The largest absolute Gasteiger partial charge is 0.493 e. The molecule has 11 heteroatoms. The van der Waals surface area contributed by atoms with Gasteiger partial charge in [0.2, 0.25) is 0 Å². The van der Waals surface area contributed by atoms with Gasteiger partial charge in [-0.05, 0) is 31.5 Å². The Hall–Kier alpha value is -2.92. The molecular weight excluding hydrogens is 400 g/mol. The second kappa shape index (κ2) is 9.05. The van der Waals surface area contributed by atoms with Crippen LogP contribution in [0.15, 0.2) is 23.1 Å². The third kappa shape index (κ3) is 4.74. The molecule has 1 aromatic heterocycles. The number of carbonyl (C=O) groups excluding carboxylic acids is 2. The topological polar surface area (TPSA) is 143 Å². The third-order valence-electron chi connectivity index (χ3n) is 4.08. The Bertz CT molecular complexity index is 1030. The van der Waals surface area contributed by atoms with Gasteiger partial charge in [-0.3, -0.25) is 18.5 Å². The zero-order valence-corrected chi connectivity index (χ0v) is 17.5. The number of nitrogens with two attached hydrogens (primary N) is 1. The fourth-order valence-corrected chi connectivity index (χ4v) is 3.50. The van der Waals surface area contributed by atoms with Gasteiger partial charge in [0.15, 0.2) is 0 Å². The Morgan fingerprint density at radius 3 is 2.52 bits per heavy atom. The molecule has 0 fully saturated rings. The molecule has 29 heavy (non-hydrogen) atoms. The maximum atomic E-state index is 13.0. The van der Waals surface area contributed by atoms with E-state index in [9.17, 15) is 18.0 Å². The first-order chi connectivity index (χ1) is 13.7. The van der Waals surface area contributed by atoms with Gasteiger partial charge in [-0.25, -0.2) is 0 Å². The lowest BCUT2D eigenvalue weighted by molar-refractivity contribution is 0.0992. The molecule has 0 saturated carbocycles. The maximum absolute atomic E-state index is 13.0. The number of anilines is 1. The summed E-state index contributed by atoms with van der Waals surface area (Å²) in [5.74, 6) is -1.24. The van der Waals surface area contributed by atoms with Crippen molar-refractivity contribution in [1.82, 2.24) is 9.78 Å². The van der Waals surface area contributed by atoms with Crippen LogP contribution in [0.3, 0.4) is 0 Å². The highest BCUT2D eigenvalue weighted by Gasteiger charge is 2.25. The van der Waals surface area contributed by atoms with E-state index in [0.717, 1.165) is 19.6 Å². The van der Waals surface area contributed by atoms with Crippen LogP contribution in [0, 0.1) is 0 Å². The SMILES string of the molecule is CCCc1nn(C)c(C(N)=O)c1NC(=O)c1cc(S(=O)(=O)OC)ccc1OCC. The molecule has 10 nitrogen and oxygen atoms in total. The average Bonchev–Trinajstić information content (AvgIpc) is 2.97. The normalized spacial score (nSPS) is 11.3. The van der Waals surface area contributed by atoms with Crippen molar-refractivity contribution in [2.75, 3.05) is 19.0 Å². The van der Waals surface area contributed by atoms with Gasteiger partial charge in [0.25, 0.3) is 21.9 Å². The van der Waals surface area contributed by atoms with Gasteiger partial charge < -0.3 is 15.8 Å². The van der Waals surface area contributed by atoms with Crippen LogP contribution in [0.2, 0.25) is 0 Å². The van der Waals surface area contributed by atoms with E-state index in [1.807, 2.05) is 6.92 Å². The Labute approximate surface area is 169 Å². The molecule has 0 aliphatic heterocycles. The molecule has 3 N–H and O–H groups in total. The summed E-state index contributed by atoms with van der Waals surface area (Å²) in [7, 11) is -1.45. The number of primary amides is 1. The number of hydrogen-bond donors (Lipinski definition) is 2. The van der Waals surface area contributed by atoms with Crippen molar-refractivity contribution in [3.63, 3.8) is 0 Å². The number of carbonyl (C=O) groups is 2. The molecule has 2 rings (SSSR count). The molecule has 0 spiro atoms. The second-order valence-electron chi connectivity index (χ2n) is 6.07. The van der Waals surface area contributed by atoms with Crippen molar-refractivity contribution in [2.45, 2.75) is 31.6 Å². The summed E-state index contributed by atoms with van der Waals surface area (Å²) in [6, 6.07) is 3.80. The van der Waals surface area contributed by atoms with E-state index in [2.05, 4.69) is 14.6 Å². The van der Waals surface area contributed by atoms with E-state index < -0.39 is 21.9 Å². The number of nitrogens with zero attached hydrogens (tertiary/aromatic N) is 2. The summed E-state index contributed by atoms with van der Waals surface area (Å²) in [6.07, 6.45) is 1.23. The van der Waals surface area contributed by atoms with Crippen LogP contribution in [0.25, 0.3) is 0 Å². The van der Waals surface area contributed by atoms with E-state index in [-0.39, 0.29) is 34.2 Å². The monoisotopic (exact) mass is 424 g/mol. The standard InChI is InChI=1S/C18H24N4O6S/c1-5-7-13-15(16(17(19)23)22(3)21-13)20-18(24)12-10-11(29(25,26)27-4)8-9-14(12)28-6-2/h8-10H,5-7H2,1-4H3,(H2,19,23)(H,20,24). The van der Waals surface area contributed by atoms with Gasteiger partial charge in [-0.1, -0.05) is 13.3 Å². The Morgan fingerprint density at radius 2 is 1.97 bits per heavy atom. The highest BCUT2D eigenvalue weighted by molar-refractivity contribution is 7.86. The number of amides is 2. The molecular formula is C18H24N4O6S. The quantitative estimate of drug-likeness (QED) is 0.580. The Kier molecular flexibility index (Phi) is 6.98. The van der Waals surface area contributed by atoms with Gasteiger partial charge in [-0.15, -0.1) is 0 Å². The number of nitrogens with one attached hydrogen (secondary N) is 1. The lowest BCUT2D eigenvalue weighted by Crippen LogP contribution is -2.21. The summed E-state index contributed by atoms with van der Waals surface area (Å²) < 4.78 is 35.3. The maximum Gasteiger partial charge on any atom is 0.296 e. The van der Waals surface area contributed by atoms with Crippen molar-refractivity contribution >= 4 is 27.6 Å². The van der Waals surface area contributed by atoms with Crippen LogP contribution >= 0.6 is 0 Å². The molecule has 1 aromatic carbocycles. The van der Waals surface area contributed by atoms with Gasteiger partial charge in [0, 0.05) is 7.05 Å². The molecule has 0 unspecified atom stereocenters. The predicted molar refractivity (Wildman–Crippen MR) is 105 cm³/mol. The first-order valence-corrected chi connectivity index (χ1v) is 10.3. The molecule has 0 saturated heterocycles. The second-order valence-corrected chi connectivity index (χ2v) is 7.79. The molecule has 0 atom stereocenters. The van der Waals surface area contributed by atoms with Crippen molar-refractivity contribution < 1.29 is 26.9 Å². The molecule has 158 valence electrons. The number of benzene rings is 1. The highest BCUT2D eigenvalue weighted by Crippen LogP contribution is 2.27. The minimum atomic E-state index is -4.02. The van der Waals surface area contributed by atoms with Crippen molar-refractivity contribution in [1.29, 1.82) is 0 Å². The fourth-order valence-electron chi connectivity index (χ4n) is 2.81. The Balaban J connectivity index is 2.55. The van der Waals surface area contributed by atoms with Crippen molar-refractivity contribution in [3.05, 3.63) is 35.2 Å². The summed E-state index contributed by atoms with van der Waals surface area (Å²) in [5.41, 5.74) is 6.14. The third-order valence-corrected chi connectivity index (χ3v) is 5.35. The summed E-state index contributed by atoms with van der Waals surface area (Å²) in [5, 5.41) is 6.89.